The first-order valence-electron chi connectivity index (χ1n) is 33.6. The average Bonchev–Trinajstić information content (AvgIpc) is 0.843. The molecule has 5 saturated heterocycles. The van der Waals surface area contributed by atoms with Crippen molar-refractivity contribution in [2.45, 2.75) is 70.0 Å². The summed E-state index contributed by atoms with van der Waals surface area (Å²) in [5.41, 5.74) is 6.46. The fraction of sp³-hybridized carbons (Fsp3) is 0.307. The number of allylic oxidation sites excluding steroid dienone is 1. The van der Waals surface area contributed by atoms with Crippen LogP contribution in [0.1, 0.15) is 51.3 Å². The highest BCUT2D eigenvalue weighted by Gasteiger charge is 2.57. The summed E-state index contributed by atoms with van der Waals surface area (Å²) in [6, 6.07) is 32.6. The van der Waals surface area contributed by atoms with Crippen LogP contribution in [0.4, 0.5) is 19.2 Å². The predicted octanol–water partition coefficient (Wildman–Crippen LogP) is 9.85. The lowest BCUT2D eigenvalue weighted by atomic mass is 9.72. The summed E-state index contributed by atoms with van der Waals surface area (Å²) in [7, 11) is 1.51. The molecule has 526 valence electrons. The molecule has 3 aromatic carbocycles. The van der Waals surface area contributed by atoms with Crippen molar-refractivity contribution in [3.8, 4) is 0 Å². The van der Waals surface area contributed by atoms with Gasteiger partial charge in [-0.2, -0.15) is 10.1 Å². The largest absolute Gasteiger partial charge is 0.492 e. The lowest BCUT2D eigenvalue weighted by molar-refractivity contribution is -0.109. The number of carbonyl (C=O) groups is 4. The molecule has 9 aliphatic rings. The van der Waals surface area contributed by atoms with Crippen molar-refractivity contribution in [3.63, 3.8) is 0 Å². The van der Waals surface area contributed by atoms with Crippen LogP contribution >= 0.6 is 23.2 Å². The molecule has 9 aliphatic heterocycles. The topological polar surface area (TPSA) is 234 Å². The van der Waals surface area contributed by atoms with E-state index in [2.05, 4.69) is 191 Å². The van der Waals surface area contributed by atoms with Gasteiger partial charge in [0, 0.05) is 126 Å². The summed E-state index contributed by atoms with van der Waals surface area (Å²) in [6.45, 7) is 23.3. The van der Waals surface area contributed by atoms with Crippen LogP contribution in [0.15, 0.2) is 237 Å². The Labute approximate surface area is 605 Å². The Balaban J connectivity index is 0.000000126. The highest BCUT2D eigenvalue weighted by molar-refractivity contribution is 9.10. The molecular weight excluding hydrogens is 1370 g/mol. The van der Waals surface area contributed by atoms with Gasteiger partial charge in [-0.05, 0) is 109 Å². The summed E-state index contributed by atoms with van der Waals surface area (Å²) in [6.07, 6.45) is 33.8. The van der Waals surface area contributed by atoms with E-state index >= 15 is 0 Å². The van der Waals surface area contributed by atoms with Crippen LogP contribution in [-0.2, 0) is 19.0 Å². The van der Waals surface area contributed by atoms with Gasteiger partial charge in [-0.15, -0.1) is 13.2 Å². The van der Waals surface area contributed by atoms with Gasteiger partial charge in [0.15, 0.2) is 0 Å². The molecule has 102 heavy (non-hydrogen) atoms. The SMILES string of the molecule is Brc1cncnc1.C/C=C/[P+](c1ccccc1)(c1ccccc1)c1ccccc1.C=CCON1C(=O)N2CC=C(B3OC(C)(C)C(C)(C)O3)C1C2.C=CCON1C(=O)N2CC=C(c3cncnc3)C1C2.CN1C(=O)N2CC=C(c3cncnc3)C1C2.CN1C(=O)N2CC=C(c3cncnc3)C1C2. The molecule has 0 radical (unpaired) electrons. The van der Waals surface area contributed by atoms with E-state index < -0.39 is 25.6 Å². The van der Waals surface area contributed by atoms with E-state index in [-0.39, 0.29) is 48.3 Å². The van der Waals surface area contributed by atoms with Crippen molar-refractivity contribution >= 4 is 87.1 Å². The van der Waals surface area contributed by atoms with E-state index in [4.69, 9.17) is 19.0 Å². The molecule has 0 spiro atoms. The molecule has 13 heterocycles. The number of halogens is 1. The number of likely N-dealkylation sites (N-methyl/N-ethyl adjacent to an activating group) is 2. The molecule has 8 amide bonds. The second-order valence-electron chi connectivity index (χ2n) is 25.8. The third-order valence-corrected chi connectivity index (χ3v) is 23.5. The number of hydrogen-bond acceptors (Lipinski definition) is 16. The first-order valence-corrected chi connectivity index (χ1v) is 36.2. The summed E-state index contributed by atoms with van der Waals surface area (Å²) >= 11 is 3.19. The maximum absolute atomic E-state index is 12.3. The maximum Gasteiger partial charge on any atom is 0.492 e. The van der Waals surface area contributed by atoms with Crippen molar-refractivity contribution < 1.29 is 38.2 Å². The van der Waals surface area contributed by atoms with Crippen molar-refractivity contribution in [2.24, 2.45) is 0 Å². The van der Waals surface area contributed by atoms with Gasteiger partial charge in [-0.25, -0.2) is 59.0 Å². The zero-order chi connectivity index (χ0) is 72.0. The molecule has 0 N–H and O–H groups in total. The normalized spacial score (nSPS) is 20.8. The quantitative estimate of drug-likeness (QED) is 0.0560. The van der Waals surface area contributed by atoms with Gasteiger partial charge >= 0.3 is 31.2 Å². The lowest BCUT2D eigenvalue weighted by Crippen LogP contribution is -2.41. The second kappa shape index (κ2) is 33.2. The van der Waals surface area contributed by atoms with Gasteiger partial charge in [0.1, 0.15) is 54.5 Å². The Morgan fingerprint density at radius 2 is 0.814 bits per heavy atom. The minimum Gasteiger partial charge on any atom is -0.400 e. The molecule has 0 aliphatic carbocycles. The van der Waals surface area contributed by atoms with Crippen LogP contribution in [0.2, 0.25) is 0 Å². The molecule has 7 aromatic rings. The van der Waals surface area contributed by atoms with Crippen LogP contribution in [0.3, 0.4) is 0 Å². The first kappa shape index (κ1) is 73.3. The van der Waals surface area contributed by atoms with Crippen LogP contribution in [-0.4, -0.2) is 226 Å². The molecule has 24 nitrogen and oxygen atoms in total. The number of urea groups is 4. The van der Waals surface area contributed by atoms with Crippen molar-refractivity contribution in [3.05, 3.63) is 254 Å². The highest BCUT2D eigenvalue weighted by Crippen LogP contribution is 2.57. The Bertz CT molecular complexity index is 4010. The lowest BCUT2D eigenvalue weighted by Gasteiger charge is -2.32. The number of benzene rings is 3. The molecule has 4 atom stereocenters. The average molecular weight is 1460 g/mol. The van der Waals surface area contributed by atoms with E-state index in [9.17, 15) is 19.2 Å². The predicted molar refractivity (Wildman–Crippen MR) is 398 cm³/mol. The maximum atomic E-state index is 12.3. The number of rotatable bonds is 14. The van der Waals surface area contributed by atoms with E-state index in [1.54, 1.807) is 81.3 Å². The van der Waals surface area contributed by atoms with Gasteiger partial charge in [0.25, 0.3) is 0 Å². The minimum absolute atomic E-state index is 0.102. The molecule has 4 unspecified atom stereocenters. The minimum atomic E-state index is -1.73. The molecule has 27 heteroatoms. The molecule has 8 bridgehead atoms. The number of nitrogens with zero attached hydrogens (tertiary/aromatic N) is 16. The first-order chi connectivity index (χ1) is 49.4. The van der Waals surface area contributed by atoms with Crippen LogP contribution in [0, 0.1) is 0 Å². The summed E-state index contributed by atoms with van der Waals surface area (Å²) in [5, 5.41) is 7.03. The zero-order valence-corrected chi connectivity index (χ0v) is 60.8. The van der Waals surface area contributed by atoms with Crippen LogP contribution in [0.25, 0.3) is 16.7 Å². The Morgan fingerprint density at radius 3 is 1.17 bits per heavy atom. The number of amides is 8. The van der Waals surface area contributed by atoms with Gasteiger partial charge < -0.3 is 38.7 Å². The summed E-state index contributed by atoms with van der Waals surface area (Å²) in [5.74, 6) is 2.41. The van der Waals surface area contributed by atoms with Crippen LogP contribution in [0.5, 0.6) is 0 Å². The third-order valence-electron chi connectivity index (χ3n) is 19.0. The van der Waals surface area contributed by atoms with E-state index in [1.807, 2.05) is 63.7 Å². The molecule has 5 fully saturated rings. The van der Waals surface area contributed by atoms with Gasteiger partial charge in [-0.3, -0.25) is 9.68 Å². The zero-order valence-electron chi connectivity index (χ0n) is 58.3. The van der Waals surface area contributed by atoms with Gasteiger partial charge in [0.2, 0.25) is 0 Å². The third kappa shape index (κ3) is 16.0. The van der Waals surface area contributed by atoms with Crippen LogP contribution < -0.4 is 15.9 Å². The number of aromatic nitrogens is 8. The number of hydroxylamine groups is 4. The van der Waals surface area contributed by atoms with Gasteiger partial charge in [0.05, 0.1) is 59.4 Å². The molecular formula is C75H84BBrN16O8P+. The summed E-state index contributed by atoms with van der Waals surface area (Å²) in [4.78, 5) is 101. The Kier molecular flexibility index (Phi) is 23.9. The fourth-order valence-corrected chi connectivity index (χ4v) is 17.2. The smallest absolute Gasteiger partial charge is 0.400 e. The van der Waals surface area contributed by atoms with Gasteiger partial charge in [-0.1, -0.05) is 97.1 Å². The molecule has 4 aromatic heterocycles. The Morgan fingerprint density at radius 1 is 0.490 bits per heavy atom. The van der Waals surface area contributed by atoms with E-state index in [1.165, 1.54) is 51.3 Å². The van der Waals surface area contributed by atoms with E-state index in [0.29, 0.717) is 52.5 Å². The Hall–Kier alpha value is -9.95. The standard InChI is InChI=1S/C21H20P.C15H23BN2O4.C13H14N4O2.2C11H12N4O.C4H3BrN2/c1-2-18-22(19-12-6-3-7-13-19,20-14-8-4-9-15-20)21-16-10-5-11-17-21;1-6-9-20-18-12-10-17(13(18)19)8-7-11(12)16-21-14(2,3)15(4,5)22-16;1-2-5-19-17-12-8-16(13(17)18)4-3-11(12)10-6-14-9-15-7-10;2*1-14-10-6-15(11(14)16)3-2-9(10)8-4-12-7-13-5-8;5-4-1-6-3-7-2-4/h2-18H,1H3;6-7,12H,1,8-10H2,2-5H3;2-3,6-7,9,12H,1,4-5,8H2;2*2,4-5,7,10H,3,6H2,1H3;1-3H/q+1;;;;;/b18-2+;;;;;. The number of hydrogen-bond donors (Lipinski definition) is 0. The van der Waals surface area contributed by atoms with E-state index in [0.717, 1.165) is 56.4 Å². The summed E-state index contributed by atoms with van der Waals surface area (Å²) < 4.78 is 13.2. The second-order valence-corrected chi connectivity index (χ2v) is 30.0. The molecule has 16 rings (SSSR count). The van der Waals surface area contributed by atoms with Crippen molar-refractivity contribution in [1.29, 1.82) is 0 Å². The monoisotopic (exact) mass is 1460 g/mol. The van der Waals surface area contributed by atoms with Crippen molar-refractivity contribution in [2.75, 3.05) is 79.7 Å². The fourth-order valence-electron chi connectivity index (χ4n) is 13.1. The molecule has 0 saturated carbocycles. The number of carbonyl (C=O) groups excluding carboxylic acids is 4. The number of fused-ring (bicyclic) bond motifs is 8. The highest BCUT2D eigenvalue weighted by atomic mass is 79.9. The van der Waals surface area contributed by atoms with Crippen molar-refractivity contribution in [1.82, 2.24) is 79.4 Å².